The minimum Gasteiger partial charge on any atom is -0.377 e. The van der Waals surface area contributed by atoms with E-state index < -0.39 is 27.8 Å². The Labute approximate surface area is 82.5 Å². The SMILES string of the molecule is CO[Si](CC(F)C(F)CF)(OC)OC. The van der Waals surface area contributed by atoms with E-state index in [4.69, 9.17) is 13.3 Å². The highest BCUT2D eigenvalue weighted by atomic mass is 28.4. The molecule has 0 aliphatic carbocycles. The number of rotatable bonds is 7. The Hall–Kier alpha value is -0.113. The first kappa shape index (κ1) is 13.9. The van der Waals surface area contributed by atoms with Crippen molar-refractivity contribution in [2.45, 2.75) is 18.4 Å². The molecule has 0 aliphatic rings. The van der Waals surface area contributed by atoms with Crippen molar-refractivity contribution in [1.29, 1.82) is 0 Å². The molecule has 86 valence electrons. The lowest BCUT2D eigenvalue weighted by atomic mass is 10.3. The lowest BCUT2D eigenvalue weighted by Gasteiger charge is -2.26. The van der Waals surface area contributed by atoms with Crippen LogP contribution in [0.15, 0.2) is 0 Å². The molecule has 0 N–H and O–H groups in total. The summed E-state index contributed by atoms with van der Waals surface area (Å²) in [4.78, 5) is 0. The van der Waals surface area contributed by atoms with Gasteiger partial charge >= 0.3 is 8.80 Å². The molecule has 3 nitrogen and oxygen atoms in total. The van der Waals surface area contributed by atoms with Gasteiger partial charge in [-0.05, 0) is 0 Å². The first-order valence-electron chi connectivity index (χ1n) is 4.04. The molecule has 0 bridgehead atoms. The predicted molar refractivity (Wildman–Crippen MR) is 47.4 cm³/mol. The van der Waals surface area contributed by atoms with Crippen LogP contribution in [0.4, 0.5) is 13.2 Å². The number of hydrogen-bond acceptors (Lipinski definition) is 3. The molecule has 0 heterocycles. The number of alkyl halides is 3. The van der Waals surface area contributed by atoms with Crippen LogP contribution >= 0.6 is 0 Å². The summed E-state index contributed by atoms with van der Waals surface area (Å²) in [6.45, 7) is -1.36. The van der Waals surface area contributed by atoms with Gasteiger partial charge in [0.15, 0.2) is 6.17 Å². The summed E-state index contributed by atoms with van der Waals surface area (Å²) in [5.74, 6) is 0. The van der Waals surface area contributed by atoms with Gasteiger partial charge in [0.05, 0.1) is 6.04 Å². The molecule has 0 fully saturated rings. The molecule has 14 heavy (non-hydrogen) atoms. The Morgan fingerprint density at radius 3 is 1.71 bits per heavy atom. The second-order valence-corrected chi connectivity index (χ2v) is 5.68. The van der Waals surface area contributed by atoms with Gasteiger partial charge in [-0.1, -0.05) is 0 Å². The van der Waals surface area contributed by atoms with Crippen LogP contribution in [0.5, 0.6) is 0 Å². The third kappa shape index (κ3) is 3.56. The van der Waals surface area contributed by atoms with Crippen molar-refractivity contribution in [3.63, 3.8) is 0 Å². The second kappa shape index (κ2) is 6.39. The van der Waals surface area contributed by atoms with Gasteiger partial charge in [0.2, 0.25) is 0 Å². The van der Waals surface area contributed by atoms with Gasteiger partial charge in [-0.2, -0.15) is 0 Å². The van der Waals surface area contributed by atoms with E-state index in [1.54, 1.807) is 0 Å². The Morgan fingerprint density at radius 2 is 1.43 bits per heavy atom. The fraction of sp³-hybridized carbons (Fsp3) is 1.00. The van der Waals surface area contributed by atoms with E-state index in [1.807, 2.05) is 0 Å². The third-order valence-electron chi connectivity index (χ3n) is 1.92. The third-order valence-corrected chi connectivity index (χ3v) is 4.67. The lowest BCUT2D eigenvalue weighted by molar-refractivity contribution is 0.0910. The summed E-state index contributed by atoms with van der Waals surface area (Å²) in [6.07, 6.45) is -4.12. The Kier molecular flexibility index (Phi) is 6.33. The van der Waals surface area contributed by atoms with Gasteiger partial charge in [-0.15, -0.1) is 0 Å². The van der Waals surface area contributed by atoms with Gasteiger partial charge < -0.3 is 13.3 Å². The predicted octanol–water partition coefficient (Wildman–Crippen LogP) is 1.51. The summed E-state index contributed by atoms with van der Waals surface area (Å²) in [6, 6.07) is -0.387. The monoisotopic (exact) mass is 232 g/mol. The van der Waals surface area contributed by atoms with Crippen molar-refractivity contribution in [3.05, 3.63) is 0 Å². The van der Waals surface area contributed by atoms with Gasteiger partial charge in [0.1, 0.15) is 12.8 Å². The smallest absolute Gasteiger partial charge is 0.377 e. The topological polar surface area (TPSA) is 27.7 Å². The maximum atomic E-state index is 13.0. The lowest BCUT2D eigenvalue weighted by Crippen LogP contribution is -2.46. The Balaban J connectivity index is 4.28. The summed E-state index contributed by atoms with van der Waals surface area (Å²) < 4.78 is 52.0. The molecule has 0 aromatic carbocycles. The molecular weight excluding hydrogens is 217 g/mol. The normalized spacial score (nSPS) is 16.7. The van der Waals surface area contributed by atoms with Crippen molar-refractivity contribution in [2.75, 3.05) is 28.0 Å². The second-order valence-electron chi connectivity index (χ2n) is 2.69. The molecule has 0 spiro atoms. The molecule has 0 saturated heterocycles. The molecule has 0 saturated carbocycles. The van der Waals surface area contributed by atoms with Crippen LogP contribution in [-0.2, 0) is 13.3 Å². The highest BCUT2D eigenvalue weighted by molar-refractivity contribution is 6.60. The molecule has 2 unspecified atom stereocenters. The molecule has 0 aromatic rings. The van der Waals surface area contributed by atoms with Crippen LogP contribution < -0.4 is 0 Å². The first-order chi connectivity index (χ1) is 6.55. The van der Waals surface area contributed by atoms with Gasteiger partial charge in [0, 0.05) is 21.3 Å². The van der Waals surface area contributed by atoms with Crippen molar-refractivity contribution in [3.8, 4) is 0 Å². The largest absolute Gasteiger partial charge is 0.503 e. The number of halogens is 3. The average molecular weight is 232 g/mol. The van der Waals surface area contributed by atoms with Crippen LogP contribution in [0.2, 0.25) is 6.04 Å². The van der Waals surface area contributed by atoms with E-state index in [2.05, 4.69) is 0 Å². The van der Waals surface area contributed by atoms with Gasteiger partial charge in [-0.25, -0.2) is 13.2 Å². The minimum absolute atomic E-state index is 0.387. The standard InChI is InChI=1S/C7H15F3O3Si/c1-11-14(12-2,13-3)5-7(10)6(9)4-8/h6-7H,4-5H2,1-3H3. The van der Waals surface area contributed by atoms with Crippen LogP contribution in [0.1, 0.15) is 0 Å². The fourth-order valence-electron chi connectivity index (χ4n) is 0.963. The summed E-state index contributed by atoms with van der Waals surface area (Å²) >= 11 is 0. The molecule has 0 amide bonds. The van der Waals surface area contributed by atoms with E-state index in [0.717, 1.165) is 0 Å². The van der Waals surface area contributed by atoms with Crippen molar-refractivity contribution < 1.29 is 26.4 Å². The molecular formula is C7H15F3O3Si. The zero-order valence-corrected chi connectivity index (χ0v) is 9.43. The Morgan fingerprint density at radius 1 is 1.00 bits per heavy atom. The van der Waals surface area contributed by atoms with Crippen molar-refractivity contribution >= 4 is 8.80 Å². The molecule has 2 atom stereocenters. The molecule has 0 radical (unpaired) electrons. The molecule has 0 aromatic heterocycles. The maximum absolute atomic E-state index is 13.0. The summed E-state index contributed by atoms with van der Waals surface area (Å²) in [5, 5.41) is 0. The van der Waals surface area contributed by atoms with Crippen molar-refractivity contribution in [1.82, 2.24) is 0 Å². The highest BCUT2D eigenvalue weighted by Gasteiger charge is 2.43. The van der Waals surface area contributed by atoms with E-state index in [-0.39, 0.29) is 6.04 Å². The fourth-order valence-corrected chi connectivity index (χ4v) is 2.70. The van der Waals surface area contributed by atoms with Gasteiger partial charge in [-0.3, -0.25) is 0 Å². The van der Waals surface area contributed by atoms with E-state index in [9.17, 15) is 13.2 Å². The van der Waals surface area contributed by atoms with Gasteiger partial charge in [0.25, 0.3) is 0 Å². The van der Waals surface area contributed by atoms with E-state index in [0.29, 0.717) is 0 Å². The Bertz CT molecular complexity index is 149. The van der Waals surface area contributed by atoms with Crippen LogP contribution in [0, 0.1) is 0 Å². The summed E-state index contributed by atoms with van der Waals surface area (Å²) in [5.41, 5.74) is 0. The molecule has 0 rings (SSSR count). The van der Waals surface area contributed by atoms with Crippen LogP contribution in [0.25, 0.3) is 0 Å². The number of hydrogen-bond donors (Lipinski definition) is 0. The first-order valence-corrected chi connectivity index (χ1v) is 5.98. The maximum Gasteiger partial charge on any atom is 0.503 e. The zero-order valence-electron chi connectivity index (χ0n) is 8.43. The van der Waals surface area contributed by atoms with Crippen molar-refractivity contribution in [2.24, 2.45) is 0 Å². The van der Waals surface area contributed by atoms with E-state index in [1.165, 1.54) is 21.3 Å². The van der Waals surface area contributed by atoms with E-state index >= 15 is 0 Å². The molecule has 7 heteroatoms. The van der Waals surface area contributed by atoms with Crippen LogP contribution in [0.3, 0.4) is 0 Å². The van der Waals surface area contributed by atoms with Crippen LogP contribution in [-0.4, -0.2) is 49.2 Å². The summed E-state index contributed by atoms with van der Waals surface area (Å²) in [7, 11) is 0.718. The zero-order chi connectivity index (χ0) is 11.2. The average Bonchev–Trinajstić information content (AvgIpc) is 2.24. The minimum atomic E-state index is -3.14. The quantitative estimate of drug-likeness (QED) is 0.623. The molecule has 0 aliphatic heterocycles. The highest BCUT2D eigenvalue weighted by Crippen LogP contribution is 2.21.